The first kappa shape index (κ1) is 14.7. The van der Waals surface area contributed by atoms with Gasteiger partial charge in [0.15, 0.2) is 0 Å². The van der Waals surface area contributed by atoms with Crippen molar-refractivity contribution >= 4 is 11.8 Å². The van der Waals surface area contributed by atoms with Crippen LogP contribution in [0.3, 0.4) is 0 Å². The van der Waals surface area contributed by atoms with Gasteiger partial charge in [0.05, 0.1) is 0 Å². The van der Waals surface area contributed by atoms with Crippen LogP contribution < -0.4 is 5.32 Å². The third kappa shape index (κ3) is 2.74. The van der Waals surface area contributed by atoms with Crippen LogP contribution in [0.2, 0.25) is 0 Å². The van der Waals surface area contributed by atoms with E-state index >= 15 is 0 Å². The summed E-state index contributed by atoms with van der Waals surface area (Å²) in [5.41, 5.74) is -0.737. The number of allylic oxidation sites excluding steroid dienone is 1. The summed E-state index contributed by atoms with van der Waals surface area (Å²) >= 11 is 0. The number of carbonyl (C=O) groups excluding carboxylic acids is 2. The van der Waals surface area contributed by atoms with E-state index in [-0.39, 0.29) is 17.9 Å². The first-order valence-corrected chi connectivity index (χ1v) is 6.74. The van der Waals surface area contributed by atoms with Crippen molar-refractivity contribution in [2.75, 3.05) is 6.54 Å². The summed E-state index contributed by atoms with van der Waals surface area (Å²) in [6.07, 6.45) is 6.07. The molecule has 2 atom stereocenters. The molecule has 1 N–H and O–H groups in total. The maximum absolute atomic E-state index is 12.5. The van der Waals surface area contributed by atoms with Gasteiger partial charge in [-0.05, 0) is 33.1 Å². The topological polar surface area (TPSA) is 49.4 Å². The molecular weight excluding hydrogens is 228 g/mol. The van der Waals surface area contributed by atoms with Crippen LogP contribution in [-0.2, 0) is 9.59 Å². The zero-order valence-electron chi connectivity index (χ0n) is 11.8. The predicted molar refractivity (Wildman–Crippen MR) is 72.1 cm³/mol. The molecule has 0 spiro atoms. The lowest BCUT2D eigenvalue weighted by Gasteiger charge is -2.43. The Kier molecular flexibility index (Phi) is 4.93. The summed E-state index contributed by atoms with van der Waals surface area (Å²) in [6, 6.07) is -0.317. The van der Waals surface area contributed by atoms with Gasteiger partial charge in [-0.3, -0.25) is 9.59 Å². The molecule has 0 bridgehead atoms. The molecule has 1 aliphatic rings. The number of hydrogen-bond donors (Lipinski definition) is 1. The van der Waals surface area contributed by atoms with E-state index in [1.165, 1.54) is 0 Å². The average molecular weight is 252 g/mol. The van der Waals surface area contributed by atoms with Crippen molar-refractivity contribution in [1.29, 1.82) is 0 Å². The fourth-order valence-electron chi connectivity index (χ4n) is 2.29. The highest BCUT2D eigenvalue weighted by molar-refractivity contribution is 5.99. The van der Waals surface area contributed by atoms with E-state index in [0.717, 1.165) is 6.42 Å². The van der Waals surface area contributed by atoms with Crippen LogP contribution in [0, 0.1) is 0 Å². The lowest BCUT2D eigenvalue weighted by Crippen LogP contribution is -2.68. The van der Waals surface area contributed by atoms with E-state index in [9.17, 15) is 9.59 Å². The Morgan fingerprint density at radius 2 is 2.06 bits per heavy atom. The van der Waals surface area contributed by atoms with Gasteiger partial charge in [0.25, 0.3) is 0 Å². The fourth-order valence-corrected chi connectivity index (χ4v) is 2.29. The van der Waals surface area contributed by atoms with Crippen molar-refractivity contribution in [3.8, 4) is 0 Å². The molecule has 102 valence electrons. The number of amides is 2. The Morgan fingerprint density at radius 3 is 2.56 bits per heavy atom. The maximum Gasteiger partial charge on any atom is 0.248 e. The molecule has 0 aromatic rings. The van der Waals surface area contributed by atoms with Crippen LogP contribution in [0.4, 0.5) is 0 Å². The number of piperazine rings is 1. The van der Waals surface area contributed by atoms with Crippen molar-refractivity contribution < 1.29 is 9.59 Å². The number of hydrogen-bond acceptors (Lipinski definition) is 2. The van der Waals surface area contributed by atoms with Crippen LogP contribution >= 0.6 is 0 Å². The molecule has 0 aliphatic carbocycles. The first-order valence-electron chi connectivity index (χ1n) is 6.74. The smallest absolute Gasteiger partial charge is 0.248 e. The fraction of sp³-hybridized carbons (Fsp3) is 0.714. The van der Waals surface area contributed by atoms with E-state index in [1.54, 1.807) is 4.90 Å². The summed E-state index contributed by atoms with van der Waals surface area (Å²) in [7, 11) is 0. The standard InChI is InChI=1S/C14H24N2O2/c1-5-8-9-10-16-11(6-2)12(17)15-14(4,7-3)13(16)18/h5,8,11H,6-7,9-10H2,1-4H3,(H,15,17)/b8-5+. The molecule has 4 heteroatoms. The van der Waals surface area contributed by atoms with Crippen molar-refractivity contribution in [3.05, 3.63) is 12.2 Å². The second-order valence-corrected chi connectivity index (χ2v) is 4.96. The highest BCUT2D eigenvalue weighted by atomic mass is 16.2. The van der Waals surface area contributed by atoms with E-state index in [1.807, 2.05) is 39.8 Å². The molecule has 0 radical (unpaired) electrons. The normalized spacial score (nSPS) is 28.9. The molecule has 0 aromatic heterocycles. The molecule has 2 amide bonds. The summed E-state index contributed by atoms with van der Waals surface area (Å²) in [6.45, 7) is 8.24. The van der Waals surface area contributed by atoms with E-state index < -0.39 is 5.54 Å². The summed E-state index contributed by atoms with van der Waals surface area (Å²) in [5.74, 6) is 0.0166. The van der Waals surface area contributed by atoms with Crippen molar-refractivity contribution in [1.82, 2.24) is 10.2 Å². The molecule has 1 fully saturated rings. The van der Waals surface area contributed by atoms with Crippen LogP contribution in [0.25, 0.3) is 0 Å². The number of nitrogens with one attached hydrogen (secondary N) is 1. The molecule has 2 unspecified atom stereocenters. The minimum atomic E-state index is -0.737. The molecule has 1 heterocycles. The van der Waals surface area contributed by atoms with E-state index in [2.05, 4.69) is 5.32 Å². The van der Waals surface area contributed by atoms with E-state index in [4.69, 9.17) is 0 Å². The SMILES string of the molecule is C/C=C/CCN1C(=O)C(C)(CC)NC(=O)C1CC. The second kappa shape index (κ2) is 6.03. The summed E-state index contributed by atoms with van der Waals surface area (Å²) in [4.78, 5) is 26.3. The van der Waals surface area contributed by atoms with Gasteiger partial charge < -0.3 is 10.2 Å². The summed E-state index contributed by atoms with van der Waals surface area (Å²) in [5, 5.41) is 2.87. The zero-order valence-corrected chi connectivity index (χ0v) is 11.8. The van der Waals surface area contributed by atoms with Crippen LogP contribution in [0.5, 0.6) is 0 Å². The Morgan fingerprint density at radius 1 is 1.39 bits per heavy atom. The van der Waals surface area contributed by atoms with Gasteiger partial charge >= 0.3 is 0 Å². The second-order valence-electron chi connectivity index (χ2n) is 4.96. The minimum Gasteiger partial charge on any atom is -0.340 e. The lowest BCUT2D eigenvalue weighted by atomic mass is 9.91. The van der Waals surface area contributed by atoms with Gasteiger partial charge in [-0.15, -0.1) is 0 Å². The number of carbonyl (C=O) groups is 2. The van der Waals surface area contributed by atoms with Gasteiger partial charge in [0.1, 0.15) is 11.6 Å². The first-order chi connectivity index (χ1) is 8.50. The highest BCUT2D eigenvalue weighted by Crippen LogP contribution is 2.23. The Balaban J connectivity index is 2.91. The highest BCUT2D eigenvalue weighted by Gasteiger charge is 2.45. The van der Waals surface area contributed by atoms with Gasteiger partial charge in [-0.1, -0.05) is 26.0 Å². The maximum atomic E-state index is 12.5. The third-order valence-corrected chi connectivity index (χ3v) is 3.68. The molecule has 0 aromatic carbocycles. The molecule has 18 heavy (non-hydrogen) atoms. The van der Waals surface area contributed by atoms with Crippen molar-refractivity contribution in [2.45, 2.75) is 58.5 Å². The molecule has 1 rings (SSSR count). The van der Waals surface area contributed by atoms with Gasteiger partial charge in [0, 0.05) is 6.54 Å². The molecule has 1 saturated heterocycles. The monoisotopic (exact) mass is 252 g/mol. The van der Waals surface area contributed by atoms with Gasteiger partial charge in [-0.2, -0.15) is 0 Å². The molecule has 4 nitrogen and oxygen atoms in total. The Bertz CT molecular complexity index is 352. The predicted octanol–water partition coefficient (Wildman–Crippen LogP) is 1.86. The average Bonchev–Trinajstić information content (AvgIpc) is 2.35. The van der Waals surface area contributed by atoms with Crippen LogP contribution in [0.15, 0.2) is 12.2 Å². The molecular formula is C14H24N2O2. The lowest BCUT2D eigenvalue weighted by molar-refractivity contribution is -0.154. The minimum absolute atomic E-state index is 0.0260. The third-order valence-electron chi connectivity index (χ3n) is 3.68. The van der Waals surface area contributed by atoms with Crippen molar-refractivity contribution in [3.63, 3.8) is 0 Å². The molecule has 0 saturated carbocycles. The van der Waals surface area contributed by atoms with Gasteiger partial charge in [-0.25, -0.2) is 0 Å². The van der Waals surface area contributed by atoms with E-state index in [0.29, 0.717) is 19.4 Å². The van der Waals surface area contributed by atoms with Crippen molar-refractivity contribution in [2.24, 2.45) is 0 Å². The van der Waals surface area contributed by atoms with Crippen LogP contribution in [-0.4, -0.2) is 34.8 Å². The zero-order chi connectivity index (χ0) is 13.8. The number of nitrogens with zero attached hydrogens (tertiary/aromatic N) is 1. The van der Waals surface area contributed by atoms with Crippen LogP contribution in [0.1, 0.15) is 47.0 Å². The largest absolute Gasteiger partial charge is 0.340 e. The number of rotatable bonds is 5. The Labute approximate surface area is 109 Å². The quantitative estimate of drug-likeness (QED) is 0.759. The molecule has 1 aliphatic heterocycles. The Hall–Kier alpha value is -1.32. The van der Waals surface area contributed by atoms with Gasteiger partial charge in [0.2, 0.25) is 11.8 Å². The summed E-state index contributed by atoms with van der Waals surface area (Å²) < 4.78 is 0.